The number of primary amides is 1. The zero-order chi connectivity index (χ0) is 22.1. The lowest BCUT2D eigenvalue weighted by Crippen LogP contribution is -2.37. The van der Waals surface area contributed by atoms with E-state index in [1.54, 1.807) is 6.20 Å². The molecule has 0 aliphatic carbocycles. The number of rotatable bonds is 6. The number of carbonyl (C=O) groups is 1. The van der Waals surface area contributed by atoms with Gasteiger partial charge in [-0.05, 0) is 35.7 Å². The molecule has 158 valence electrons. The summed E-state index contributed by atoms with van der Waals surface area (Å²) in [6.07, 6.45) is 4.11. The average molecular weight is 422 g/mol. The maximum atomic E-state index is 12.2. The number of anilines is 1. The van der Waals surface area contributed by atoms with Crippen LogP contribution in [-0.2, 0) is 11.2 Å². The van der Waals surface area contributed by atoms with Crippen molar-refractivity contribution >= 4 is 33.7 Å². The highest BCUT2D eigenvalue weighted by Crippen LogP contribution is 2.25. The first kappa shape index (κ1) is 19.8. The second-order valence-electron chi connectivity index (χ2n) is 8.00. The quantitative estimate of drug-likeness (QED) is 0.373. The first-order chi connectivity index (χ1) is 15.6. The fourth-order valence-corrected chi connectivity index (χ4v) is 3.92. The van der Waals surface area contributed by atoms with E-state index >= 15 is 0 Å². The maximum absolute atomic E-state index is 12.2. The van der Waals surface area contributed by atoms with E-state index in [9.17, 15) is 4.79 Å². The second kappa shape index (κ2) is 8.15. The summed E-state index contributed by atoms with van der Waals surface area (Å²) in [5.74, 6) is -0.0745. The number of nitrogens with one attached hydrogen (secondary N) is 2. The summed E-state index contributed by atoms with van der Waals surface area (Å²) in [7, 11) is 0. The number of para-hydroxylation sites is 1. The summed E-state index contributed by atoms with van der Waals surface area (Å²) in [5, 5.41) is 5.13. The predicted molar refractivity (Wildman–Crippen MR) is 128 cm³/mol. The van der Waals surface area contributed by atoms with Crippen molar-refractivity contribution in [1.29, 1.82) is 0 Å². The van der Waals surface area contributed by atoms with Crippen molar-refractivity contribution in [2.24, 2.45) is 5.73 Å². The summed E-state index contributed by atoms with van der Waals surface area (Å²) >= 11 is 0. The lowest BCUT2D eigenvalue weighted by atomic mass is 10.0. The summed E-state index contributed by atoms with van der Waals surface area (Å²) in [5.41, 5.74) is 12.0. The molecule has 0 bridgehead atoms. The van der Waals surface area contributed by atoms with E-state index in [0.717, 1.165) is 38.5 Å². The van der Waals surface area contributed by atoms with Gasteiger partial charge >= 0.3 is 0 Å². The molecule has 0 spiro atoms. The molecule has 3 aromatic carbocycles. The van der Waals surface area contributed by atoms with Gasteiger partial charge in [0.25, 0.3) is 0 Å². The van der Waals surface area contributed by atoms with Gasteiger partial charge in [-0.15, -0.1) is 0 Å². The molecule has 1 amide bonds. The van der Waals surface area contributed by atoms with E-state index in [2.05, 4.69) is 57.5 Å². The van der Waals surface area contributed by atoms with Crippen LogP contribution in [0.25, 0.3) is 32.9 Å². The third-order valence-corrected chi connectivity index (χ3v) is 5.71. The van der Waals surface area contributed by atoms with Crippen LogP contribution < -0.4 is 11.1 Å². The lowest BCUT2D eigenvalue weighted by Gasteiger charge is -2.15. The van der Waals surface area contributed by atoms with Gasteiger partial charge in [0.1, 0.15) is 6.04 Å². The number of aryl methyl sites for hydroxylation is 1. The van der Waals surface area contributed by atoms with Crippen LogP contribution in [0.4, 0.5) is 5.95 Å². The molecule has 0 radical (unpaired) electrons. The molecule has 0 unspecified atom stereocenters. The van der Waals surface area contributed by atoms with Gasteiger partial charge in [0.2, 0.25) is 11.9 Å². The molecule has 5 aromatic rings. The molecule has 5 rings (SSSR count). The minimum absolute atomic E-state index is 0.377. The fourth-order valence-electron chi connectivity index (χ4n) is 3.92. The Morgan fingerprint density at radius 3 is 2.66 bits per heavy atom. The summed E-state index contributed by atoms with van der Waals surface area (Å²) in [4.78, 5) is 24.5. The van der Waals surface area contributed by atoms with Crippen LogP contribution in [0.2, 0.25) is 0 Å². The molecule has 0 aliphatic heterocycles. The zero-order valence-corrected chi connectivity index (χ0v) is 17.7. The molecule has 2 heterocycles. The van der Waals surface area contributed by atoms with Gasteiger partial charge in [0, 0.05) is 35.1 Å². The Labute approximate surface area is 185 Å². The molecule has 0 fully saturated rings. The molecule has 2 aromatic heterocycles. The molecule has 4 N–H and O–H groups in total. The van der Waals surface area contributed by atoms with Crippen molar-refractivity contribution in [2.45, 2.75) is 19.4 Å². The first-order valence-electron chi connectivity index (χ1n) is 10.5. The van der Waals surface area contributed by atoms with E-state index < -0.39 is 11.9 Å². The highest BCUT2D eigenvalue weighted by Gasteiger charge is 2.19. The van der Waals surface area contributed by atoms with Crippen molar-refractivity contribution in [2.75, 3.05) is 5.32 Å². The minimum atomic E-state index is -0.632. The second-order valence-corrected chi connectivity index (χ2v) is 8.00. The largest absolute Gasteiger partial charge is 0.368 e. The van der Waals surface area contributed by atoms with Crippen LogP contribution in [0.15, 0.2) is 79.1 Å². The number of H-pyrrole nitrogens is 1. The molecular weight excluding hydrogens is 398 g/mol. The first-order valence-corrected chi connectivity index (χ1v) is 10.5. The molecule has 1 atom stereocenters. The topological polar surface area (TPSA) is 96.7 Å². The third-order valence-electron chi connectivity index (χ3n) is 5.71. The SMILES string of the molecule is Cc1ccc(-c2ccc3cnc(N[C@@H](Cc4c[nH]c5ccccc45)C(N)=O)nc3c2)cc1. The molecule has 6 heteroatoms. The van der Waals surface area contributed by atoms with Crippen LogP contribution in [0, 0.1) is 6.92 Å². The highest BCUT2D eigenvalue weighted by atomic mass is 16.1. The number of amides is 1. The van der Waals surface area contributed by atoms with Crippen LogP contribution in [0.5, 0.6) is 0 Å². The fraction of sp³-hybridized carbons (Fsp3) is 0.115. The van der Waals surface area contributed by atoms with Crippen molar-refractivity contribution in [3.63, 3.8) is 0 Å². The number of fused-ring (bicyclic) bond motifs is 2. The normalized spacial score (nSPS) is 12.2. The minimum Gasteiger partial charge on any atom is -0.368 e. The van der Waals surface area contributed by atoms with E-state index in [4.69, 9.17) is 5.73 Å². The Kier molecular flexibility index (Phi) is 5.03. The van der Waals surface area contributed by atoms with Crippen molar-refractivity contribution in [1.82, 2.24) is 15.0 Å². The van der Waals surface area contributed by atoms with Gasteiger partial charge in [-0.1, -0.05) is 60.2 Å². The number of benzene rings is 3. The average Bonchev–Trinajstić information content (AvgIpc) is 3.21. The summed E-state index contributed by atoms with van der Waals surface area (Å²) in [6.45, 7) is 2.07. The lowest BCUT2D eigenvalue weighted by molar-refractivity contribution is -0.118. The Morgan fingerprint density at radius 1 is 1.06 bits per heavy atom. The van der Waals surface area contributed by atoms with Gasteiger partial charge in [0.15, 0.2) is 0 Å². The van der Waals surface area contributed by atoms with Crippen molar-refractivity contribution in [3.8, 4) is 11.1 Å². The smallest absolute Gasteiger partial charge is 0.240 e. The number of carbonyl (C=O) groups excluding carboxylic acids is 1. The van der Waals surface area contributed by atoms with Gasteiger partial charge in [0.05, 0.1) is 5.52 Å². The van der Waals surface area contributed by atoms with Crippen LogP contribution in [0.3, 0.4) is 0 Å². The van der Waals surface area contributed by atoms with Crippen molar-refractivity contribution in [3.05, 3.63) is 90.3 Å². The van der Waals surface area contributed by atoms with E-state index in [-0.39, 0.29) is 0 Å². The third kappa shape index (κ3) is 3.90. The number of hydrogen-bond donors (Lipinski definition) is 3. The Morgan fingerprint density at radius 2 is 1.84 bits per heavy atom. The van der Waals surface area contributed by atoms with Gasteiger partial charge in [-0.25, -0.2) is 9.97 Å². The Hall–Kier alpha value is -4.19. The van der Waals surface area contributed by atoms with Crippen LogP contribution in [-0.4, -0.2) is 26.9 Å². The number of hydrogen-bond acceptors (Lipinski definition) is 4. The molecule has 0 aliphatic rings. The van der Waals surface area contributed by atoms with Gasteiger partial charge in [-0.2, -0.15) is 0 Å². The molecule has 32 heavy (non-hydrogen) atoms. The standard InChI is InChI=1S/C26H23N5O/c1-16-6-8-17(9-7-16)18-10-11-19-14-29-26(30-23(19)12-18)31-24(25(27)32)13-20-15-28-22-5-3-2-4-21(20)22/h2-12,14-15,24,28H,13H2,1H3,(H2,27,32)(H,29,30,31)/t24-/m0/s1. The summed E-state index contributed by atoms with van der Waals surface area (Å²) in [6, 6.07) is 21.8. The highest BCUT2D eigenvalue weighted by molar-refractivity contribution is 5.88. The van der Waals surface area contributed by atoms with E-state index in [1.807, 2.05) is 42.6 Å². The number of aromatic nitrogens is 3. The predicted octanol–water partition coefficient (Wildman–Crippen LogP) is 4.60. The summed E-state index contributed by atoms with van der Waals surface area (Å²) < 4.78 is 0. The van der Waals surface area contributed by atoms with Crippen LogP contribution >= 0.6 is 0 Å². The molecule has 0 saturated heterocycles. The van der Waals surface area contributed by atoms with Crippen LogP contribution in [0.1, 0.15) is 11.1 Å². The van der Waals surface area contributed by atoms with Crippen molar-refractivity contribution < 1.29 is 4.79 Å². The van der Waals surface area contributed by atoms with Gasteiger partial charge in [-0.3, -0.25) is 4.79 Å². The Bertz CT molecular complexity index is 1420. The maximum Gasteiger partial charge on any atom is 0.240 e. The molecule has 6 nitrogen and oxygen atoms in total. The van der Waals surface area contributed by atoms with E-state index in [0.29, 0.717) is 12.4 Å². The number of nitrogens with two attached hydrogens (primary N) is 1. The number of nitrogens with zero attached hydrogens (tertiary/aromatic N) is 2. The molecular formula is C26H23N5O. The monoisotopic (exact) mass is 421 g/mol. The number of aromatic amines is 1. The Balaban J connectivity index is 1.43. The molecule has 0 saturated carbocycles. The zero-order valence-electron chi connectivity index (χ0n) is 17.7. The van der Waals surface area contributed by atoms with Gasteiger partial charge < -0.3 is 16.0 Å². The van der Waals surface area contributed by atoms with E-state index in [1.165, 1.54) is 5.56 Å².